The van der Waals surface area contributed by atoms with E-state index in [1.54, 1.807) is 0 Å². The predicted molar refractivity (Wildman–Crippen MR) is 75.8 cm³/mol. The summed E-state index contributed by atoms with van der Waals surface area (Å²) in [6.07, 6.45) is 5.70. The van der Waals surface area contributed by atoms with Crippen LogP contribution < -0.4 is 5.32 Å². The smallest absolute Gasteiger partial charge is 0.0110 e. The highest BCUT2D eigenvalue weighted by molar-refractivity contribution is 4.91. The second-order valence-corrected chi connectivity index (χ2v) is 6.80. The van der Waals surface area contributed by atoms with Crippen LogP contribution in [0.25, 0.3) is 0 Å². The van der Waals surface area contributed by atoms with Gasteiger partial charge in [0.15, 0.2) is 0 Å². The molecule has 3 aliphatic rings. The number of piperazine rings is 1. The van der Waals surface area contributed by atoms with Crippen LogP contribution in [0.3, 0.4) is 0 Å². The minimum atomic E-state index is 0.582. The Kier molecular flexibility index (Phi) is 3.92. The highest BCUT2D eigenvalue weighted by Gasteiger charge is 2.35. The van der Waals surface area contributed by atoms with Crippen molar-refractivity contribution in [3.05, 3.63) is 0 Å². The van der Waals surface area contributed by atoms with Gasteiger partial charge in [-0.2, -0.15) is 0 Å². The first-order valence-corrected chi connectivity index (χ1v) is 7.95. The van der Waals surface area contributed by atoms with Gasteiger partial charge in [-0.05, 0) is 43.6 Å². The van der Waals surface area contributed by atoms with Gasteiger partial charge in [0.2, 0.25) is 0 Å². The van der Waals surface area contributed by atoms with Gasteiger partial charge in [0.25, 0.3) is 0 Å². The van der Waals surface area contributed by atoms with E-state index in [0.29, 0.717) is 5.41 Å². The Balaban J connectivity index is 1.44. The Morgan fingerprint density at radius 2 is 1.83 bits per heavy atom. The van der Waals surface area contributed by atoms with E-state index in [9.17, 15) is 0 Å². The first-order valence-electron chi connectivity index (χ1n) is 7.95. The maximum atomic E-state index is 3.56. The Hall–Kier alpha value is -0.120. The SMILES string of the molecule is CCC1(CN2CCN(CC3CC3)CC2)CCNC1. The molecule has 3 rings (SSSR count). The molecule has 2 heterocycles. The van der Waals surface area contributed by atoms with E-state index in [0.717, 1.165) is 5.92 Å². The molecule has 1 saturated carbocycles. The number of rotatable bonds is 5. The van der Waals surface area contributed by atoms with Gasteiger partial charge in [-0.25, -0.2) is 0 Å². The third kappa shape index (κ3) is 3.06. The molecule has 2 aliphatic heterocycles. The molecule has 3 nitrogen and oxygen atoms in total. The number of nitrogens with one attached hydrogen (secondary N) is 1. The Morgan fingerprint density at radius 3 is 2.39 bits per heavy atom. The molecule has 104 valence electrons. The second-order valence-electron chi connectivity index (χ2n) is 6.80. The van der Waals surface area contributed by atoms with Crippen LogP contribution in [0.15, 0.2) is 0 Å². The maximum absolute atomic E-state index is 3.56. The van der Waals surface area contributed by atoms with Crippen molar-refractivity contribution in [3.8, 4) is 0 Å². The molecule has 18 heavy (non-hydrogen) atoms. The van der Waals surface area contributed by atoms with Crippen molar-refractivity contribution >= 4 is 0 Å². The topological polar surface area (TPSA) is 18.5 Å². The molecule has 0 spiro atoms. The highest BCUT2D eigenvalue weighted by atomic mass is 15.3. The molecule has 0 aromatic carbocycles. The van der Waals surface area contributed by atoms with Crippen LogP contribution in [0.2, 0.25) is 0 Å². The normalized spacial score (nSPS) is 35.2. The summed E-state index contributed by atoms with van der Waals surface area (Å²) in [4.78, 5) is 5.42. The van der Waals surface area contributed by atoms with Crippen LogP contribution in [0.1, 0.15) is 32.6 Å². The zero-order chi connectivity index (χ0) is 12.4. The van der Waals surface area contributed by atoms with E-state index >= 15 is 0 Å². The van der Waals surface area contributed by atoms with Gasteiger partial charge in [0.1, 0.15) is 0 Å². The molecule has 0 aromatic heterocycles. The van der Waals surface area contributed by atoms with Crippen molar-refractivity contribution in [1.29, 1.82) is 0 Å². The molecule has 1 atom stereocenters. The summed E-state index contributed by atoms with van der Waals surface area (Å²) in [5.74, 6) is 1.05. The molecular formula is C15H29N3. The van der Waals surface area contributed by atoms with Crippen molar-refractivity contribution in [2.75, 3.05) is 52.4 Å². The average molecular weight is 251 g/mol. The first kappa shape index (κ1) is 12.9. The van der Waals surface area contributed by atoms with Gasteiger partial charge in [-0.1, -0.05) is 6.92 Å². The summed E-state index contributed by atoms with van der Waals surface area (Å²) in [5.41, 5.74) is 0.582. The van der Waals surface area contributed by atoms with Gasteiger partial charge >= 0.3 is 0 Å². The zero-order valence-electron chi connectivity index (χ0n) is 12.0. The summed E-state index contributed by atoms with van der Waals surface area (Å²) >= 11 is 0. The molecule has 2 saturated heterocycles. The summed E-state index contributed by atoms with van der Waals surface area (Å²) in [5, 5.41) is 3.56. The summed E-state index contributed by atoms with van der Waals surface area (Å²) in [7, 11) is 0. The van der Waals surface area contributed by atoms with Crippen LogP contribution in [0, 0.1) is 11.3 Å². The van der Waals surface area contributed by atoms with Crippen molar-refractivity contribution < 1.29 is 0 Å². The average Bonchev–Trinajstić information content (AvgIpc) is 3.09. The van der Waals surface area contributed by atoms with Crippen molar-refractivity contribution in [3.63, 3.8) is 0 Å². The minimum Gasteiger partial charge on any atom is -0.316 e. The summed E-state index contributed by atoms with van der Waals surface area (Å²) in [6.45, 7) is 12.8. The molecule has 0 aromatic rings. The fourth-order valence-corrected chi connectivity index (χ4v) is 3.61. The van der Waals surface area contributed by atoms with Gasteiger partial charge in [0.05, 0.1) is 0 Å². The summed E-state index contributed by atoms with van der Waals surface area (Å²) in [6, 6.07) is 0. The Morgan fingerprint density at radius 1 is 1.11 bits per heavy atom. The van der Waals surface area contributed by atoms with Crippen LogP contribution >= 0.6 is 0 Å². The third-order valence-electron chi connectivity index (χ3n) is 5.32. The fourth-order valence-electron chi connectivity index (χ4n) is 3.61. The van der Waals surface area contributed by atoms with Crippen LogP contribution in [0.4, 0.5) is 0 Å². The largest absolute Gasteiger partial charge is 0.316 e. The van der Waals surface area contributed by atoms with Gasteiger partial charge in [0, 0.05) is 45.8 Å². The predicted octanol–water partition coefficient (Wildman–Crippen LogP) is 1.40. The van der Waals surface area contributed by atoms with Crippen LogP contribution in [-0.4, -0.2) is 62.2 Å². The van der Waals surface area contributed by atoms with Gasteiger partial charge in [-0.15, -0.1) is 0 Å². The van der Waals surface area contributed by atoms with Gasteiger partial charge in [-0.3, -0.25) is 0 Å². The lowest BCUT2D eigenvalue weighted by Crippen LogP contribution is -2.50. The monoisotopic (exact) mass is 251 g/mol. The van der Waals surface area contributed by atoms with Crippen LogP contribution in [0.5, 0.6) is 0 Å². The van der Waals surface area contributed by atoms with Crippen LogP contribution in [-0.2, 0) is 0 Å². The lowest BCUT2D eigenvalue weighted by molar-refractivity contribution is 0.0867. The molecule has 0 radical (unpaired) electrons. The van der Waals surface area contributed by atoms with E-state index in [4.69, 9.17) is 0 Å². The Bertz CT molecular complexity index is 261. The Labute approximate surface area is 112 Å². The number of hydrogen-bond acceptors (Lipinski definition) is 3. The first-order chi connectivity index (χ1) is 8.80. The third-order valence-corrected chi connectivity index (χ3v) is 5.32. The molecule has 3 fully saturated rings. The number of hydrogen-bond donors (Lipinski definition) is 1. The molecule has 1 unspecified atom stereocenters. The van der Waals surface area contributed by atoms with E-state index in [1.165, 1.54) is 78.0 Å². The molecule has 1 aliphatic carbocycles. The molecule has 0 amide bonds. The molecule has 1 N–H and O–H groups in total. The quantitative estimate of drug-likeness (QED) is 0.797. The highest BCUT2D eigenvalue weighted by Crippen LogP contribution is 2.32. The standard InChI is InChI=1S/C15H29N3/c1-2-15(5-6-16-12-15)13-18-9-7-17(8-10-18)11-14-3-4-14/h14,16H,2-13H2,1H3. The van der Waals surface area contributed by atoms with E-state index < -0.39 is 0 Å². The zero-order valence-corrected chi connectivity index (χ0v) is 12.0. The molecule has 0 bridgehead atoms. The lowest BCUT2D eigenvalue weighted by Gasteiger charge is -2.39. The maximum Gasteiger partial charge on any atom is 0.0110 e. The lowest BCUT2D eigenvalue weighted by atomic mass is 9.83. The van der Waals surface area contributed by atoms with E-state index in [1.807, 2.05) is 0 Å². The minimum absolute atomic E-state index is 0.582. The molecule has 3 heteroatoms. The second kappa shape index (κ2) is 5.48. The van der Waals surface area contributed by atoms with Crippen molar-refractivity contribution in [2.24, 2.45) is 11.3 Å². The van der Waals surface area contributed by atoms with Crippen molar-refractivity contribution in [1.82, 2.24) is 15.1 Å². The summed E-state index contributed by atoms with van der Waals surface area (Å²) < 4.78 is 0. The van der Waals surface area contributed by atoms with Crippen molar-refractivity contribution in [2.45, 2.75) is 32.6 Å². The number of nitrogens with zero attached hydrogens (tertiary/aromatic N) is 2. The molecular weight excluding hydrogens is 222 g/mol. The fraction of sp³-hybridized carbons (Fsp3) is 1.00. The van der Waals surface area contributed by atoms with E-state index in [2.05, 4.69) is 22.0 Å². The van der Waals surface area contributed by atoms with E-state index in [-0.39, 0.29) is 0 Å². The van der Waals surface area contributed by atoms with Gasteiger partial charge < -0.3 is 15.1 Å².